The van der Waals surface area contributed by atoms with Gasteiger partial charge in [0.2, 0.25) is 5.91 Å². The van der Waals surface area contributed by atoms with Crippen molar-refractivity contribution in [2.24, 2.45) is 0 Å². The molecule has 1 N–H and O–H groups in total. The standard InChI is InChI=1S/C19H20N6O4S/c1-19(2,3)24-16-14(9-20-24)17(27)23-13(10-30-18(23)22-16)8-15(26)21-11-4-6-12(7-5-11)25(28)29/h4-7,9,13H,8,10H2,1-3H3,(H,21,26). The largest absolute Gasteiger partial charge is 0.326 e. The molecule has 10 nitrogen and oxygen atoms in total. The number of benzene rings is 1. The summed E-state index contributed by atoms with van der Waals surface area (Å²) in [6.07, 6.45) is 1.62. The highest BCUT2D eigenvalue weighted by molar-refractivity contribution is 7.99. The lowest BCUT2D eigenvalue weighted by Gasteiger charge is -2.20. The van der Waals surface area contributed by atoms with Gasteiger partial charge in [0.15, 0.2) is 10.8 Å². The quantitative estimate of drug-likeness (QED) is 0.385. The minimum Gasteiger partial charge on any atom is -0.326 e. The van der Waals surface area contributed by atoms with Crippen LogP contribution in [-0.2, 0) is 10.3 Å². The summed E-state index contributed by atoms with van der Waals surface area (Å²) in [6, 6.07) is 5.28. The van der Waals surface area contributed by atoms with Crippen molar-refractivity contribution in [2.75, 3.05) is 11.1 Å². The second-order valence-electron chi connectivity index (χ2n) is 8.06. The van der Waals surface area contributed by atoms with E-state index in [2.05, 4.69) is 15.4 Å². The first-order valence-corrected chi connectivity index (χ1v) is 10.3. The molecule has 0 aliphatic carbocycles. The monoisotopic (exact) mass is 428 g/mol. The van der Waals surface area contributed by atoms with Crippen molar-refractivity contribution in [1.29, 1.82) is 0 Å². The zero-order valence-electron chi connectivity index (χ0n) is 16.7. The van der Waals surface area contributed by atoms with Crippen LogP contribution < -0.4 is 10.9 Å². The van der Waals surface area contributed by atoms with Gasteiger partial charge < -0.3 is 5.32 Å². The van der Waals surface area contributed by atoms with E-state index in [1.807, 2.05) is 20.8 Å². The molecule has 1 aromatic carbocycles. The van der Waals surface area contributed by atoms with Crippen LogP contribution in [-0.4, -0.2) is 35.9 Å². The highest BCUT2D eigenvalue weighted by Gasteiger charge is 2.30. The van der Waals surface area contributed by atoms with E-state index in [1.54, 1.807) is 9.25 Å². The second kappa shape index (κ2) is 7.24. The van der Waals surface area contributed by atoms with Crippen molar-refractivity contribution in [1.82, 2.24) is 19.3 Å². The summed E-state index contributed by atoms with van der Waals surface area (Å²) in [5.41, 5.74) is 0.439. The number of non-ortho nitro benzene ring substituents is 1. The minimum absolute atomic E-state index is 0.0495. The Kier molecular flexibility index (Phi) is 4.85. The number of nitro groups is 1. The Hall–Kier alpha value is -3.21. The number of nitrogens with zero attached hydrogens (tertiary/aromatic N) is 5. The molecule has 11 heteroatoms. The van der Waals surface area contributed by atoms with E-state index in [1.165, 1.54) is 42.2 Å². The van der Waals surface area contributed by atoms with Crippen LogP contribution in [0.2, 0.25) is 0 Å². The molecule has 4 rings (SSSR count). The first-order valence-electron chi connectivity index (χ1n) is 9.33. The van der Waals surface area contributed by atoms with Crippen molar-refractivity contribution in [2.45, 2.75) is 43.9 Å². The van der Waals surface area contributed by atoms with Gasteiger partial charge in [-0.3, -0.25) is 24.3 Å². The van der Waals surface area contributed by atoms with E-state index >= 15 is 0 Å². The lowest BCUT2D eigenvalue weighted by Crippen LogP contribution is -2.29. The molecule has 2 aromatic heterocycles. The third-order valence-corrected chi connectivity index (χ3v) is 5.89. The summed E-state index contributed by atoms with van der Waals surface area (Å²) in [6.45, 7) is 5.97. The van der Waals surface area contributed by atoms with Crippen LogP contribution in [0.5, 0.6) is 0 Å². The SMILES string of the molecule is CC(C)(C)n1ncc2c(=O)n3c(nc21)SCC3CC(=O)Nc1ccc([N+](=O)[O-])cc1. The zero-order valence-corrected chi connectivity index (χ0v) is 17.5. The topological polar surface area (TPSA) is 125 Å². The van der Waals surface area contributed by atoms with Crippen LogP contribution in [0.25, 0.3) is 11.0 Å². The Bertz CT molecular complexity index is 1210. The molecule has 3 heterocycles. The van der Waals surface area contributed by atoms with E-state index in [0.29, 0.717) is 27.6 Å². The van der Waals surface area contributed by atoms with Crippen LogP contribution in [0.15, 0.2) is 40.4 Å². The number of thioether (sulfide) groups is 1. The molecule has 0 saturated carbocycles. The molecular formula is C19H20N6O4S. The van der Waals surface area contributed by atoms with Crippen LogP contribution >= 0.6 is 11.8 Å². The first kappa shape index (κ1) is 20.1. The number of carbonyl (C=O) groups is 1. The molecule has 0 spiro atoms. The van der Waals surface area contributed by atoms with Crippen LogP contribution in [0, 0.1) is 10.1 Å². The van der Waals surface area contributed by atoms with Crippen LogP contribution in [0.1, 0.15) is 33.2 Å². The Morgan fingerprint density at radius 2 is 2.03 bits per heavy atom. The molecule has 1 amide bonds. The molecule has 1 unspecified atom stereocenters. The van der Waals surface area contributed by atoms with Gasteiger partial charge in [-0.1, -0.05) is 11.8 Å². The van der Waals surface area contributed by atoms with Crippen LogP contribution in [0.4, 0.5) is 11.4 Å². The third kappa shape index (κ3) is 3.56. The Morgan fingerprint density at radius 1 is 1.33 bits per heavy atom. The molecule has 0 fully saturated rings. The van der Waals surface area contributed by atoms with Gasteiger partial charge in [0, 0.05) is 30.0 Å². The average molecular weight is 428 g/mol. The molecule has 156 valence electrons. The molecule has 1 atom stereocenters. The summed E-state index contributed by atoms with van der Waals surface area (Å²) in [4.78, 5) is 40.5. The summed E-state index contributed by atoms with van der Waals surface area (Å²) >= 11 is 1.44. The van der Waals surface area contributed by atoms with E-state index < -0.39 is 4.92 Å². The van der Waals surface area contributed by atoms with E-state index in [-0.39, 0.29) is 35.2 Å². The van der Waals surface area contributed by atoms with Crippen molar-refractivity contribution >= 4 is 40.1 Å². The summed E-state index contributed by atoms with van der Waals surface area (Å²) < 4.78 is 3.30. The fraction of sp³-hybridized carbons (Fsp3) is 0.368. The number of amides is 1. The second-order valence-corrected chi connectivity index (χ2v) is 9.04. The van der Waals surface area contributed by atoms with Gasteiger partial charge in [0.05, 0.1) is 22.7 Å². The predicted molar refractivity (Wildman–Crippen MR) is 113 cm³/mol. The number of carbonyl (C=O) groups excluding carboxylic acids is 1. The third-order valence-electron chi connectivity index (χ3n) is 4.79. The highest BCUT2D eigenvalue weighted by Crippen LogP contribution is 2.34. The first-order chi connectivity index (χ1) is 14.1. The number of fused-ring (bicyclic) bond motifs is 2. The number of hydrogen-bond acceptors (Lipinski definition) is 7. The fourth-order valence-corrected chi connectivity index (χ4v) is 4.49. The Morgan fingerprint density at radius 3 is 2.67 bits per heavy atom. The normalized spacial score (nSPS) is 15.9. The summed E-state index contributed by atoms with van der Waals surface area (Å²) in [7, 11) is 0. The Balaban J connectivity index is 1.56. The Labute approximate surface area is 175 Å². The number of anilines is 1. The van der Waals surface area contributed by atoms with E-state index in [9.17, 15) is 19.7 Å². The van der Waals surface area contributed by atoms with Gasteiger partial charge in [0.1, 0.15) is 5.39 Å². The smallest absolute Gasteiger partial charge is 0.269 e. The van der Waals surface area contributed by atoms with E-state index in [4.69, 9.17) is 0 Å². The van der Waals surface area contributed by atoms with Crippen molar-refractivity contribution in [3.63, 3.8) is 0 Å². The number of nitrogens with one attached hydrogen (secondary N) is 1. The van der Waals surface area contributed by atoms with Gasteiger partial charge in [-0.05, 0) is 32.9 Å². The molecule has 1 aliphatic rings. The summed E-state index contributed by atoms with van der Waals surface area (Å²) in [5.74, 6) is 0.283. The van der Waals surface area contributed by atoms with Gasteiger partial charge in [-0.15, -0.1) is 0 Å². The number of aromatic nitrogens is 4. The van der Waals surface area contributed by atoms with Crippen LogP contribution in [0.3, 0.4) is 0 Å². The molecule has 0 radical (unpaired) electrons. The van der Waals surface area contributed by atoms with Gasteiger partial charge in [0.25, 0.3) is 11.2 Å². The molecule has 3 aromatic rings. The van der Waals surface area contributed by atoms with E-state index in [0.717, 1.165) is 0 Å². The highest BCUT2D eigenvalue weighted by atomic mass is 32.2. The lowest BCUT2D eigenvalue weighted by atomic mass is 10.1. The van der Waals surface area contributed by atoms with Gasteiger partial charge in [-0.25, -0.2) is 9.67 Å². The minimum atomic E-state index is -0.500. The number of hydrogen-bond donors (Lipinski definition) is 1. The maximum absolute atomic E-state index is 13.1. The van der Waals surface area contributed by atoms with Crippen molar-refractivity contribution in [3.05, 3.63) is 50.9 Å². The van der Waals surface area contributed by atoms with Crippen molar-refractivity contribution < 1.29 is 9.72 Å². The maximum atomic E-state index is 13.1. The molecule has 0 saturated heterocycles. The zero-order chi connectivity index (χ0) is 21.6. The molecule has 0 bridgehead atoms. The number of rotatable bonds is 4. The molecule has 1 aliphatic heterocycles. The van der Waals surface area contributed by atoms with Crippen molar-refractivity contribution in [3.8, 4) is 0 Å². The van der Waals surface area contributed by atoms with Gasteiger partial charge in [-0.2, -0.15) is 5.10 Å². The lowest BCUT2D eigenvalue weighted by molar-refractivity contribution is -0.384. The fourth-order valence-electron chi connectivity index (χ4n) is 3.36. The maximum Gasteiger partial charge on any atom is 0.269 e. The number of nitro benzene ring substituents is 1. The summed E-state index contributed by atoms with van der Waals surface area (Å²) in [5, 5.41) is 18.8. The molecular weight excluding hydrogens is 408 g/mol. The van der Waals surface area contributed by atoms with Gasteiger partial charge >= 0.3 is 0 Å². The average Bonchev–Trinajstić information content (AvgIpc) is 3.27. The molecule has 30 heavy (non-hydrogen) atoms. The predicted octanol–water partition coefficient (Wildman–Crippen LogP) is 2.93.